The van der Waals surface area contributed by atoms with E-state index in [9.17, 15) is 13.6 Å². The molecule has 1 fully saturated rings. The molecule has 2 rings (SSSR count). The minimum Gasteiger partial charge on any atom is -0.465 e. The van der Waals surface area contributed by atoms with E-state index in [-0.39, 0.29) is 11.5 Å². The van der Waals surface area contributed by atoms with Crippen molar-refractivity contribution in [1.29, 1.82) is 0 Å². The molecule has 0 aliphatic carbocycles. The second-order valence-corrected chi connectivity index (χ2v) is 4.91. The highest BCUT2D eigenvalue weighted by Crippen LogP contribution is 2.26. The highest BCUT2D eigenvalue weighted by atomic mass is 19.3. The molecule has 1 aromatic rings. The summed E-state index contributed by atoms with van der Waals surface area (Å²) in [4.78, 5) is 14.2. The molecule has 116 valence electrons. The van der Waals surface area contributed by atoms with Gasteiger partial charge in [0.1, 0.15) is 6.04 Å². The first-order valence-corrected chi connectivity index (χ1v) is 7.13. The Morgan fingerprint density at radius 3 is 2.33 bits per heavy atom. The van der Waals surface area contributed by atoms with E-state index in [2.05, 4.69) is 5.32 Å². The van der Waals surface area contributed by atoms with E-state index in [0.717, 1.165) is 26.2 Å². The van der Waals surface area contributed by atoms with Crippen molar-refractivity contribution >= 4 is 5.97 Å². The summed E-state index contributed by atoms with van der Waals surface area (Å²) in [6.07, 6.45) is -2.50. The van der Waals surface area contributed by atoms with Gasteiger partial charge in [-0.1, -0.05) is 24.3 Å². The van der Waals surface area contributed by atoms with E-state index in [1.807, 2.05) is 4.90 Å². The van der Waals surface area contributed by atoms with Gasteiger partial charge in [-0.15, -0.1) is 0 Å². The zero-order valence-electron chi connectivity index (χ0n) is 12.0. The number of halogens is 2. The summed E-state index contributed by atoms with van der Waals surface area (Å²) < 4.78 is 30.4. The topological polar surface area (TPSA) is 41.6 Å². The lowest BCUT2D eigenvalue weighted by Gasteiger charge is -2.33. The molecule has 4 nitrogen and oxygen atoms in total. The second-order valence-electron chi connectivity index (χ2n) is 4.91. The Balaban J connectivity index is 2.22. The second kappa shape index (κ2) is 7.47. The van der Waals surface area contributed by atoms with Crippen molar-refractivity contribution in [1.82, 2.24) is 10.2 Å². The van der Waals surface area contributed by atoms with E-state index in [1.54, 1.807) is 19.1 Å². The third kappa shape index (κ3) is 3.98. The molecule has 1 aromatic carbocycles. The number of benzene rings is 1. The van der Waals surface area contributed by atoms with Crippen LogP contribution in [0.2, 0.25) is 0 Å². The van der Waals surface area contributed by atoms with Gasteiger partial charge in [0, 0.05) is 31.7 Å². The highest BCUT2D eigenvalue weighted by molar-refractivity contribution is 5.77. The van der Waals surface area contributed by atoms with Gasteiger partial charge >= 0.3 is 5.97 Å². The van der Waals surface area contributed by atoms with Crippen molar-refractivity contribution in [2.45, 2.75) is 19.4 Å². The van der Waals surface area contributed by atoms with Gasteiger partial charge in [0.25, 0.3) is 6.43 Å². The fraction of sp³-hybridized carbons (Fsp3) is 0.533. The third-order valence-corrected chi connectivity index (χ3v) is 3.53. The first-order valence-electron chi connectivity index (χ1n) is 7.13. The van der Waals surface area contributed by atoms with Gasteiger partial charge in [-0.2, -0.15) is 0 Å². The van der Waals surface area contributed by atoms with Crippen LogP contribution >= 0.6 is 0 Å². The number of piperazine rings is 1. The summed E-state index contributed by atoms with van der Waals surface area (Å²) in [7, 11) is 0. The standard InChI is InChI=1S/C15H20F2N2O2/c1-2-21-15(20)13(19-9-7-18-8-10-19)11-3-5-12(6-4-11)14(16)17/h3-6,13-14,18H,2,7-10H2,1H3. The molecule has 1 saturated heterocycles. The summed E-state index contributed by atoms with van der Waals surface area (Å²) in [5.74, 6) is -0.329. The maximum Gasteiger partial charge on any atom is 0.328 e. The minimum atomic E-state index is -2.50. The molecule has 1 aliphatic heterocycles. The van der Waals surface area contributed by atoms with Crippen molar-refractivity contribution in [3.8, 4) is 0 Å². The van der Waals surface area contributed by atoms with E-state index in [0.29, 0.717) is 12.2 Å². The van der Waals surface area contributed by atoms with Crippen LogP contribution in [0, 0.1) is 0 Å². The number of esters is 1. The zero-order chi connectivity index (χ0) is 15.2. The van der Waals surface area contributed by atoms with Crippen LogP contribution in [0.4, 0.5) is 8.78 Å². The quantitative estimate of drug-likeness (QED) is 0.846. The Hall–Kier alpha value is -1.53. The molecule has 0 spiro atoms. The lowest BCUT2D eigenvalue weighted by molar-refractivity contribution is -0.150. The zero-order valence-corrected chi connectivity index (χ0v) is 12.0. The lowest BCUT2D eigenvalue weighted by atomic mass is 10.0. The largest absolute Gasteiger partial charge is 0.465 e. The van der Waals surface area contributed by atoms with Crippen molar-refractivity contribution in [3.63, 3.8) is 0 Å². The summed E-state index contributed by atoms with van der Waals surface area (Å²) in [5, 5.41) is 3.22. The van der Waals surface area contributed by atoms with Gasteiger partial charge in [0.05, 0.1) is 6.61 Å². The monoisotopic (exact) mass is 298 g/mol. The van der Waals surface area contributed by atoms with Gasteiger partial charge in [0.15, 0.2) is 0 Å². The van der Waals surface area contributed by atoms with E-state index < -0.39 is 12.5 Å². The van der Waals surface area contributed by atoms with Gasteiger partial charge in [-0.25, -0.2) is 13.6 Å². The van der Waals surface area contributed by atoms with Crippen LogP contribution in [0.25, 0.3) is 0 Å². The molecule has 0 aromatic heterocycles. The fourth-order valence-electron chi connectivity index (χ4n) is 2.48. The summed E-state index contributed by atoms with van der Waals surface area (Å²) >= 11 is 0. The molecule has 1 heterocycles. The van der Waals surface area contributed by atoms with Crippen LogP contribution in [0.1, 0.15) is 30.5 Å². The van der Waals surface area contributed by atoms with E-state index in [1.165, 1.54) is 12.1 Å². The lowest BCUT2D eigenvalue weighted by Crippen LogP contribution is -2.47. The molecule has 1 atom stereocenters. The summed E-state index contributed by atoms with van der Waals surface area (Å²) in [6, 6.07) is 5.39. The SMILES string of the molecule is CCOC(=O)C(c1ccc(C(F)F)cc1)N1CCNCC1. The third-order valence-electron chi connectivity index (χ3n) is 3.53. The number of nitrogens with one attached hydrogen (secondary N) is 1. The molecule has 0 amide bonds. The van der Waals surface area contributed by atoms with Crippen molar-refractivity contribution in [2.75, 3.05) is 32.8 Å². The number of ether oxygens (including phenoxy) is 1. The predicted molar refractivity (Wildman–Crippen MR) is 75.2 cm³/mol. The molecular formula is C15H20F2N2O2. The average molecular weight is 298 g/mol. The van der Waals surface area contributed by atoms with Gasteiger partial charge < -0.3 is 10.1 Å². The average Bonchev–Trinajstić information content (AvgIpc) is 2.49. The first-order chi connectivity index (χ1) is 10.1. The number of hydrogen-bond donors (Lipinski definition) is 1. The fourth-order valence-corrected chi connectivity index (χ4v) is 2.48. The van der Waals surface area contributed by atoms with Gasteiger partial charge in [0.2, 0.25) is 0 Å². The van der Waals surface area contributed by atoms with Crippen LogP contribution in [0.3, 0.4) is 0 Å². The highest BCUT2D eigenvalue weighted by Gasteiger charge is 2.30. The van der Waals surface area contributed by atoms with Crippen LogP contribution in [0.15, 0.2) is 24.3 Å². The Morgan fingerprint density at radius 1 is 1.24 bits per heavy atom. The number of carbonyl (C=O) groups excluding carboxylic acids is 1. The number of rotatable bonds is 5. The van der Waals surface area contributed by atoms with Crippen molar-refractivity contribution in [2.24, 2.45) is 0 Å². The van der Waals surface area contributed by atoms with Crippen LogP contribution in [-0.4, -0.2) is 43.7 Å². The number of carbonyl (C=O) groups is 1. The molecule has 1 N–H and O–H groups in total. The Morgan fingerprint density at radius 2 is 1.81 bits per heavy atom. The first kappa shape index (κ1) is 15.9. The van der Waals surface area contributed by atoms with Crippen LogP contribution in [0.5, 0.6) is 0 Å². The number of hydrogen-bond acceptors (Lipinski definition) is 4. The number of nitrogens with zero attached hydrogens (tertiary/aromatic N) is 1. The normalized spacial score (nSPS) is 17.7. The predicted octanol–water partition coefficient (Wildman–Crippen LogP) is 2.13. The van der Waals surface area contributed by atoms with Crippen molar-refractivity contribution in [3.05, 3.63) is 35.4 Å². The molecular weight excluding hydrogens is 278 g/mol. The molecule has 6 heteroatoms. The maximum absolute atomic E-state index is 12.6. The smallest absolute Gasteiger partial charge is 0.328 e. The molecule has 1 aliphatic rings. The Kier molecular flexibility index (Phi) is 5.64. The van der Waals surface area contributed by atoms with E-state index in [4.69, 9.17) is 4.74 Å². The van der Waals surface area contributed by atoms with E-state index >= 15 is 0 Å². The van der Waals surface area contributed by atoms with Gasteiger partial charge in [-0.3, -0.25) is 4.90 Å². The Bertz CT molecular complexity index is 459. The molecule has 0 saturated carbocycles. The molecule has 1 unspecified atom stereocenters. The summed E-state index contributed by atoms with van der Waals surface area (Å²) in [5.41, 5.74) is 0.654. The summed E-state index contributed by atoms with van der Waals surface area (Å²) in [6.45, 7) is 5.10. The van der Waals surface area contributed by atoms with Gasteiger partial charge in [-0.05, 0) is 12.5 Å². The molecule has 21 heavy (non-hydrogen) atoms. The number of alkyl halides is 2. The van der Waals surface area contributed by atoms with Crippen LogP contribution < -0.4 is 5.32 Å². The minimum absolute atomic E-state index is 0.0401. The maximum atomic E-state index is 12.6. The van der Waals surface area contributed by atoms with Crippen LogP contribution in [-0.2, 0) is 9.53 Å². The molecule has 0 bridgehead atoms. The molecule has 0 radical (unpaired) electrons. The van der Waals surface area contributed by atoms with Crippen molar-refractivity contribution < 1.29 is 18.3 Å². The Labute approximate surface area is 123 Å².